The molecule has 1 aromatic heterocycles. The Kier molecular flexibility index (Phi) is 5.12. The fraction of sp³-hybridized carbons (Fsp3) is 0.467. The summed E-state index contributed by atoms with van der Waals surface area (Å²) in [5.41, 5.74) is 2.80. The zero-order chi connectivity index (χ0) is 14.4. The lowest BCUT2D eigenvalue weighted by Gasteiger charge is -2.07. The third kappa shape index (κ3) is 3.81. The number of benzene rings is 1. The number of aryl methyl sites for hydroxylation is 2. The number of hydrogen-bond donors (Lipinski definition) is 1. The highest BCUT2D eigenvalue weighted by atomic mass is 16.5. The number of ether oxygens (including phenoxy) is 1. The molecule has 0 aliphatic rings. The third-order valence-electron chi connectivity index (χ3n) is 3.25. The lowest BCUT2D eigenvalue weighted by Crippen LogP contribution is -2.05. The van der Waals surface area contributed by atoms with Gasteiger partial charge in [0, 0.05) is 6.54 Å². The first kappa shape index (κ1) is 14.5. The summed E-state index contributed by atoms with van der Waals surface area (Å²) in [5, 5.41) is 17.0. The van der Waals surface area contributed by atoms with E-state index in [9.17, 15) is 0 Å². The van der Waals surface area contributed by atoms with E-state index in [4.69, 9.17) is 9.84 Å². The van der Waals surface area contributed by atoms with E-state index < -0.39 is 0 Å². The van der Waals surface area contributed by atoms with Crippen molar-refractivity contribution in [2.45, 2.75) is 39.8 Å². The highest BCUT2D eigenvalue weighted by molar-refractivity contribution is 5.27. The molecule has 0 fully saturated rings. The highest BCUT2D eigenvalue weighted by Crippen LogP contribution is 2.13. The van der Waals surface area contributed by atoms with Gasteiger partial charge in [0.25, 0.3) is 0 Å². The molecule has 5 heteroatoms. The summed E-state index contributed by atoms with van der Waals surface area (Å²) in [5.74, 6) is 0.921. The summed E-state index contributed by atoms with van der Waals surface area (Å²) >= 11 is 0. The van der Waals surface area contributed by atoms with Crippen LogP contribution in [0.5, 0.6) is 5.75 Å². The second-order valence-corrected chi connectivity index (χ2v) is 4.87. The van der Waals surface area contributed by atoms with Crippen molar-refractivity contribution in [1.82, 2.24) is 15.0 Å². The maximum Gasteiger partial charge on any atom is 0.119 e. The van der Waals surface area contributed by atoms with E-state index in [-0.39, 0.29) is 6.61 Å². The van der Waals surface area contributed by atoms with Crippen LogP contribution in [0.2, 0.25) is 0 Å². The molecule has 2 rings (SSSR count). The predicted molar refractivity (Wildman–Crippen MR) is 76.6 cm³/mol. The van der Waals surface area contributed by atoms with E-state index in [0.717, 1.165) is 30.8 Å². The minimum Gasteiger partial charge on any atom is -0.494 e. The number of hydrogen-bond acceptors (Lipinski definition) is 4. The van der Waals surface area contributed by atoms with E-state index in [0.29, 0.717) is 12.3 Å². The van der Waals surface area contributed by atoms with Crippen molar-refractivity contribution in [3.8, 4) is 5.75 Å². The largest absolute Gasteiger partial charge is 0.494 e. The molecule has 5 nitrogen and oxygen atoms in total. The Bertz CT molecular complexity index is 552. The van der Waals surface area contributed by atoms with Crippen LogP contribution in [0.1, 0.15) is 29.8 Å². The van der Waals surface area contributed by atoms with Gasteiger partial charge in [-0.25, -0.2) is 4.68 Å². The number of aliphatic hydroxyl groups is 1. The van der Waals surface area contributed by atoms with Crippen LogP contribution >= 0.6 is 0 Å². The van der Waals surface area contributed by atoms with Crippen molar-refractivity contribution in [3.63, 3.8) is 0 Å². The second-order valence-electron chi connectivity index (χ2n) is 4.87. The quantitative estimate of drug-likeness (QED) is 0.787. The Balaban J connectivity index is 1.70. The molecule has 0 bridgehead atoms. The third-order valence-corrected chi connectivity index (χ3v) is 3.25. The van der Waals surface area contributed by atoms with Crippen LogP contribution in [-0.2, 0) is 13.2 Å². The molecule has 1 N–H and O–H groups in total. The molecule has 0 aliphatic carbocycles. The molecule has 0 aliphatic heterocycles. The van der Waals surface area contributed by atoms with Gasteiger partial charge < -0.3 is 9.84 Å². The van der Waals surface area contributed by atoms with E-state index in [1.807, 2.05) is 29.8 Å². The van der Waals surface area contributed by atoms with Crippen LogP contribution in [-0.4, -0.2) is 26.7 Å². The molecule has 0 spiro atoms. The fourth-order valence-corrected chi connectivity index (χ4v) is 2.01. The zero-order valence-corrected chi connectivity index (χ0v) is 12.0. The van der Waals surface area contributed by atoms with Gasteiger partial charge in [-0.1, -0.05) is 17.3 Å². The monoisotopic (exact) mass is 275 g/mol. The normalized spacial score (nSPS) is 10.8. The van der Waals surface area contributed by atoms with Gasteiger partial charge in [0.2, 0.25) is 0 Å². The van der Waals surface area contributed by atoms with Crippen molar-refractivity contribution in [3.05, 3.63) is 41.2 Å². The van der Waals surface area contributed by atoms with E-state index in [2.05, 4.69) is 23.3 Å². The minimum absolute atomic E-state index is 0.0533. The van der Waals surface area contributed by atoms with Gasteiger partial charge in [-0.15, -0.1) is 5.10 Å². The molecular weight excluding hydrogens is 254 g/mol. The Morgan fingerprint density at radius 2 is 2.10 bits per heavy atom. The van der Waals surface area contributed by atoms with Gasteiger partial charge in [-0.05, 0) is 44.4 Å². The van der Waals surface area contributed by atoms with Crippen molar-refractivity contribution in [2.24, 2.45) is 0 Å². The Morgan fingerprint density at radius 3 is 2.80 bits per heavy atom. The molecule has 108 valence electrons. The smallest absolute Gasteiger partial charge is 0.119 e. The lowest BCUT2D eigenvalue weighted by atomic mass is 10.2. The van der Waals surface area contributed by atoms with Crippen LogP contribution in [0.4, 0.5) is 0 Å². The van der Waals surface area contributed by atoms with Gasteiger partial charge in [-0.3, -0.25) is 0 Å². The van der Waals surface area contributed by atoms with E-state index >= 15 is 0 Å². The average molecular weight is 275 g/mol. The summed E-state index contributed by atoms with van der Waals surface area (Å²) in [4.78, 5) is 0. The Labute approximate surface area is 119 Å². The molecule has 1 heterocycles. The molecule has 0 saturated carbocycles. The average Bonchev–Trinajstić information content (AvgIpc) is 2.79. The first-order valence-electron chi connectivity index (χ1n) is 6.90. The van der Waals surface area contributed by atoms with Crippen molar-refractivity contribution < 1.29 is 9.84 Å². The minimum atomic E-state index is -0.0533. The highest BCUT2D eigenvalue weighted by Gasteiger charge is 2.06. The summed E-state index contributed by atoms with van der Waals surface area (Å²) in [6, 6.07) is 8.07. The molecule has 0 saturated heterocycles. The van der Waals surface area contributed by atoms with Crippen LogP contribution in [0.15, 0.2) is 24.3 Å². The van der Waals surface area contributed by atoms with Crippen LogP contribution in [0.25, 0.3) is 0 Å². The lowest BCUT2D eigenvalue weighted by molar-refractivity contribution is 0.275. The van der Waals surface area contributed by atoms with Crippen molar-refractivity contribution >= 4 is 0 Å². The number of rotatable bonds is 7. The standard InChI is InChI=1S/C15H21N3O2/c1-12-6-5-7-14(10-12)20-9-4-3-8-18-13(2)15(11-19)16-17-18/h5-7,10,19H,3-4,8-9,11H2,1-2H3. The van der Waals surface area contributed by atoms with Gasteiger partial charge in [0.1, 0.15) is 11.4 Å². The number of aromatic nitrogens is 3. The summed E-state index contributed by atoms with van der Waals surface area (Å²) < 4.78 is 7.53. The molecule has 20 heavy (non-hydrogen) atoms. The molecule has 1 aromatic carbocycles. The van der Waals surface area contributed by atoms with Crippen molar-refractivity contribution in [2.75, 3.05) is 6.61 Å². The van der Waals surface area contributed by atoms with Gasteiger partial charge in [-0.2, -0.15) is 0 Å². The van der Waals surface area contributed by atoms with Crippen LogP contribution in [0.3, 0.4) is 0 Å². The molecule has 0 unspecified atom stereocenters. The molecule has 0 radical (unpaired) electrons. The summed E-state index contributed by atoms with van der Waals surface area (Å²) in [7, 11) is 0. The molecule has 2 aromatic rings. The zero-order valence-electron chi connectivity index (χ0n) is 12.0. The van der Waals surface area contributed by atoms with E-state index in [1.165, 1.54) is 5.56 Å². The first-order valence-corrected chi connectivity index (χ1v) is 6.90. The number of nitrogens with zero attached hydrogens (tertiary/aromatic N) is 3. The fourth-order valence-electron chi connectivity index (χ4n) is 2.01. The number of unbranched alkanes of at least 4 members (excludes halogenated alkanes) is 1. The SMILES string of the molecule is Cc1cccc(OCCCCn2nnc(CO)c2C)c1. The van der Waals surface area contributed by atoms with Gasteiger partial charge in [0.15, 0.2) is 0 Å². The topological polar surface area (TPSA) is 60.2 Å². The molecular formula is C15H21N3O2. The summed E-state index contributed by atoms with van der Waals surface area (Å²) in [6.45, 7) is 5.43. The Morgan fingerprint density at radius 1 is 1.25 bits per heavy atom. The van der Waals surface area contributed by atoms with Crippen LogP contribution < -0.4 is 4.74 Å². The van der Waals surface area contributed by atoms with Crippen molar-refractivity contribution in [1.29, 1.82) is 0 Å². The van der Waals surface area contributed by atoms with Crippen LogP contribution in [0, 0.1) is 13.8 Å². The maximum absolute atomic E-state index is 9.05. The molecule has 0 atom stereocenters. The van der Waals surface area contributed by atoms with Gasteiger partial charge in [0.05, 0.1) is 18.9 Å². The molecule has 0 amide bonds. The second kappa shape index (κ2) is 7.05. The maximum atomic E-state index is 9.05. The first-order chi connectivity index (χ1) is 9.70. The predicted octanol–water partition coefficient (Wildman–Crippen LogP) is 2.25. The summed E-state index contributed by atoms with van der Waals surface area (Å²) in [6.07, 6.45) is 1.93. The number of aliphatic hydroxyl groups excluding tert-OH is 1. The van der Waals surface area contributed by atoms with Gasteiger partial charge >= 0.3 is 0 Å². The Hall–Kier alpha value is -1.88. The van der Waals surface area contributed by atoms with E-state index in [1.54, 1.807) is 0 Å².